The summed E-state index contributed by atoms with van der Waals surface area (Å²) in [6, 6.07) is 9.59. The fourth-order valence-corrected chi connectivity index (χ4v) is 4.96. The Balaban J connectivity index is 1.22. The first kappa shape index (κ1) is 24.6. The molecule has 0 bridgehead atoms. The van der Waals surface area contributed by atoms with Crippen molar-refractivity contribution < 1.29 is 14.3 Å². The highest BCUT2D eigenvalue weighted by molar-refractivity contribution is 5.98. The lowest BCUT2D eigenvalue weighted by atomic mass is 10.1. The second-order valence-electron chi connectivity index (χ2n) is 9.68. The smallest absolute Gasteiger partial charge is 0.169 e. The highest BCUT2D eigenvalue weighted by Crippen LogP contribution is 2.26. The van der Waals surface area contributed by atoms with Gasteiger partial charge in [0.15, 0.2) is 5.78 Å². The van der Waals surface area contributed by atoms with Crippen LogP contribution in [0.1, 0.15) is 21.7 Å². The molecule has 0 aromatic carbocycles. The second-order valence-corrected chi connectivity index (χ2v) is 9.68. The van der Waals surface area contributed by atoms with Crippen molar-refractivity contribution in [2.75, 3.05) is 57.5 Å². The summed E-state index contributed by atoms with van der Waals surface area (Å²) in [5.41, 5.74) is 5.14. The molecule has 0 aliphatic carbocycles. The van der Waals surface area contributed by atoms with Crippen molar-refractivity contribution in [2.24, 2.45) is 7.05 Å². The van der Waals surface area contributed by atoms with Gasteiger partial charge in [-0.15, -0.1) is 0 Å². The minimum Gasteiger partial charge on any atom is -0.379 e. The van der Waals surface area contributed by atoms with Crippen molar-refractivity contribution in [3.63, 3.8) is 0 Å². The highest BCUT2D eigenvalue weighted by atomic mass is 16.5. The molecule has 0 radical (unpaired) electrons. The first-order valence-electron chi connectivity index (χ1n) is 13.0. The maximum absolute atomic E-state index is 13.2. The van der Waals surface area contributed by atoms with E-state index >= 15 is 0 Å². The lowest BCUT2D eigenvalue weighted by molar-refractivity contribution is 0.0332. The molecule has 196 valence electrons. The summed E-state index contributed by atoms with van der Waals surface area (Å²) in [5.74, 6) is 0.811. The predicted molar refractivity (Wildman–Crippen MR) is 143 cm³/mol. The number of hydrogen-bond acceptors (Lipinski definition) is 9. The summed E-state index contributed by atoms with van der Waals surface area (Å²) in [4.78, 5) is 31.6. The third-order valence-corrected chi connectivity index (χ3v) is 7.19. The van der Waals surface area contributed by atoms with Crippen LogP contribution in [-0.2, 0) is 29.5 Å². The van der Waals surface area contributed by atoms with Crippen LogP contribution >= 0.6 is 0 Å². The molecule has 4 aromatic heterocycles. The van der Waals surface area contributed by atoms with Gasteiger partial charge >= 0.3 is 0 Å². The zero-order valence-corrected chi connectivity index (χ0v) is 21.5. The van der Waals surface area contributed by atoms with Gasteiger partial charge in [0.2, 0.25) is 0 Å². The van der Waals surface area contributed by atoms with Crippen LogP contribution in [0, 0.1) is 0 Å². The lowest BCUT2D eigenvalue weighted by Crippen LogP contribution is -2.36. The lowest BCUT2D eigenvalue weighted by Gasteiger charge is -2.27. The van der Waals surface area contributed by atoms with Gasteiger partial charge in [0.1, 0.15) is 5.82 Å². The number of hydrogen-bond donors (Lipinski definition) is 0. The number of aryl methyl sites for hydroxylation is 1. The Bertz CT molecular complexity index is 1440. The number of aromatic nitrogens is 5. The molecule has 0 saturated carbocycles. The van der Waals surface area contributed by atoms with Crippen LogP contribution in [0.2, 0.25) is 0 Å². The SMILES string of the molecule is Cn1ncc(-c2ccc3cnc(CC(=O)c4ccnc(N5CCOCC5)c4)cc3n2)c1CN1CCOCC1. The van der Waals surface area contributed by atoms with Crippen LogP contribution in [0.3, 0.4) is 0 Å². The van der Waals surface area contributed by atoms with E-state index in [0.29, 0.717) is 24.5 Å². The first-order chi connectivity index (χ1) is 18.6. The summed E-state index contributed by atoms with van der Waals surface area (Å²) in [7, 11) is 1.97. The zero-order chi connectivity index (χ0) is 25.9. The van der Waals surface area contributed by atoms with Crippen molar-refractivity contribution in [3.8, 4) is 11.3 Å². The average molecular weight is 514 g/mol. The summed E-state index contributed by atoms with van der Waals surface area (Å²) >= 11 is 0. The van der Waals surface area contributed by atoms with Crippen molar-refractivity contribution in [3.05, 3.63) is 65.9 Å². The van der Waals surface area contributed by atoms with Gasteiger partial charge in [0.05, 0.1) is 61.6 Å². The van der Waals surface area contributed by atoms with Crippen LogP contribution in [0.15, 0.2) is 48.9 Å². The van der Waals surface area contributed by atoms with Crippen molar-refractivity contribution >= 4 is 22.5 Å². The second kappa shape index (κ2) is 10.9. The van der Waals surface area contributed by atoms with Gasteiger partial charge in [0.25, 0.3) is 0 Å². The number of carbonyl (C=O) groups is 1. The number of nitrogens with zero attached hydrogens (tertiary/aromatic N) is 7. The molecule has 0 amide bonds. The number of anilines is 1. The summed E-state index contributed by atoms with van der Waals surface area (Å²) < 4.78 is 12.8. The minimum atomic E-state index is 0.00460. The molecule has 6 heterocycles. The Morgan fingerprint density at radius 3 is 2.55 bits per heavy atom. The van der Waals surface area contributed by atoms with Gasteiger partial charge in [-0.1, -0.05) is 0 Å². The standard InChI is InChI=1S/C28H31N7O3/c1-33-26(19-34-6-10-37-11-7-34)23(18-31-33)24-3-2-21-17-30-22(15-25(21)32-24)16-27(36)20-4-5-29-28(14-20)35-8-12-38-13-9-35/h2-5,14-15,17-18H,6-13,16,19H2,1H3. The molecule has 4 aromatic rings. The molecule has 38 heavy (non-hydrogen) atoms. The predicted octanol–water partition coefficient (Wildman–Crippen LogP) is 2.52. The molecular weight excluding hydrogens is 482 g/mol. The Hall–Kier alpha value is -3.73. The van der Waals surface area contributed by atoms with Gasteiger partial charge in [-0.2, -0.15) is 5.10 Å². The zero-order valence-electron chi connectivity index (χ0n) is 21.5. The van der Waals surface area contributed by atoms with E-state index in [2.05, 4.69) is 24.9 Å². The fourth-order valence-electron chi connectivity index (χ4n) is 4.96. The third-order valence-electron chi connectivity index (χ3n) is 7.19. The van der Waals surface area contributed by atoms with Crippen LogP contribution in [0.4, 0.5) is 5.82 Å². The molecule has 2 saturated heterocycles. The number of carbonyl (C=O) groups excluding carboxylic acids is 1. The number of morpholine rings is 2. The van der Waals surface area contributed by atoms with Gasteiger partial charge in [-0.05, 0) is 30.3 Å². The van der Waals surface area contributed by atoms with Crippen molar-refractivity contribution in [1.29, 1.82) is 0 Å². The summed E-state index contributed by atoms with van der Waals surface area (Å²) in [5, 5.41) is 5.45. The van der Waals surface area contributed by atoms with Gasteiger partial charge in [0, 0.05) is 68.7 Å². The van der Waals surface area contributed by atoms with Gasteiger partial charge in [-0.3, -0.25) is 19.4 Å². The van der Waals surface area contributed by atoms with E-state index in [1.807, 2.05) is 42.2 Å². The average Bonchev–Trinajstić information content (AvgIpc) is 3.33. The Labute approximate surface area is 221 Å². The summed E-state index contributed by atoms with van der Waals surface area (Å²) in [6.07, 6.45) is 5.56. The topological polar surface area (TPSA) is 98.5 Å². The Morgan fingerprint density at radius 2 is 1.74 bits per heavy atom. The summed E-state index contributed by atoms with van der Waals surface area (Å²) in [6.45, 7) is 7.00. The molecule has 10 nitrogen and oxygen atoms in total. The van der Waals surface area contributed by atoms with E-state index in [0.717, 1.165) is 79.6 Å². The molecule has 6 rings (SSSR count). The minimum absolute atomic E-state index is 0.00460. The van der Waals surface area contributed by atoms with E-state index in [1.54, 1.807) is 18.5 Å². The molecule has 2 aliphatic heterocycles. The van der Waals surface area contributed by atoms with Crippen LogP contribution < -0.4 is 4.90 Å². The third kappa shape index (κ3) is 5.28. The molecule has 0 N–H and O–H groups in total. The van der Waals surface area contributed by atoms with E-state index in [1.165, 1.54) is 0 Å². The number of Topliss-reactive ketones (excluding diaryl/α,β-unsaturated/α-hetero) is 1. The Kier molecular flexibility index (Phi) is 7.08. The highest BCUT2D eigenvalue weighted by Gasteiger charge is 2.19. The molecule has 2 fully saturated rings. The Morgan fingerprint density at radius 1 is 0.947 bits per heavy atom. The van der Waals surface area contributed by atoms with Crippen LogP contribution in [-0.4, -0.2) is 88.0 Å². The van der Waals surface area contributed by atoms with Gasteiger partial charge in [-0.25, -0.2) is 9.97 Å². The molecular formula is C28H31N7O3. The number of ether oxygens (including phenoxy) is 2. The maximum atomic E-state index is 13.2. The molecule has 10 heteroatoms. The molecule has 0 unspecified atom stereocenters. The number of fused-ring (bicyclic) bond motifs is 1. The van der Waals surface area contributed by atoms with E-state index < -0.39 is 0 Å². The number of ketones is 1. The largest absolute Gasteiger partial charge is 0.379 e. The fraction of sp³-hybridized carbons (Fsp3) is 0.393. The van der Waals surface area contributed by atoms with Crippen LogP contribution in [0.25, 0.3) is 22.2 Å². The molecule has 2 aliphatic rings. The monoisotopic (exact) mass is 513 g/mol. The van der Waals surface area contributed by atoms with E-state index in [-0.39, 0.29) is 12.2 Å². The quantitative estimate of drug-likeness (QED) is 0.345. The van der Waals surface area contributed by atoms with Crippen molar-refractivity contribution in [2.45, 2.75) is 13.0 Å². The first-order valence-corrected chi connectivity index (χ1v) is 13.0. The van der Waals surface area contributed by atoms with Crippen LogP contribution in [0.5, 0.6) is 0 Å². The van der Waals surface area contributed by atoms with E-state index in [4.69, 9.17) is 14.5 Å². The number of rotatable bonds is 7. The van der Waals surface area contributed by atoms with Gasteiger partial charge < -0.3 is 14.4 Å². The normalized spacial score (nSPS) is 16.7. The number of pyridine rings is 3. The molecule has 0 spiro atoms. The maximum Gasteiger partial charge on any atom is 0.169 e. The van der Waals surface area contributed by atoms with E-state index in [9.17, 15) is 4.79 Å². The van der Waals surface area contributed by atoms with Crippen molar-refractivity contribution in [1.82, 2.24) is 29.6 Å². The molecule has 0 atom stereocenters.